The molecule has 0 amide bonds. The molecule has 0 aliphatic heterocycles. The molecule has 1 heterocycles. The van der Waals surface area contributed by atoms with Crippen LogP contribution in [-0.2, 0) is 6.42 Å². The maximum absolute atomic E-state index is 3.75. The second kappa shape index (κ2) is 5.28. The molecular formula is C19H20N2. The maximum Gasteiger partial charge on any atom is 0.0516 e. The van der Waals surface area contributed by atoms with Crippen LogP contribution in [0.25, 0.3) is 10.9 Å². The van der Waals surface area contributed by atoms with Crippen molar-refractivity contribution in [1.82, 2.24) is 4.98 Å². The molecule has 0 bridgehead atoms. The van der Waals surface area contributed by atoms with Gasteiger partial charge in [0.25, 0.3) is 0 Å². The Morgan fingerprint density at radius 2 is 1.95 bits per heavy atom. The van der Waals surface area contributed by atoms with Crippen molar-refractivity contribution < 1.29 is 0 Å². The average molecular weight is 276 g/mol. The van der Waals surface area contributed by atoms with E-state index >= 15 is 0 Å². The molecule has 1 unspecified atom stereocenters. The summed E-state index contributed by atoms with van der Waals surface area (Å²) in [6.45, 7) is 0. The second-order valence-electron chi connectivity index (χ2n) is 5.92. The number of aryl methyl sites for hydroxylation is 1. The lowest BCUT2D eigenvalue weighted by Crippen LogP contribution is -2.11. The van der Waals surface area contributed by atoms with Crippen molar-refractivity contribution in [2.75, 3.05) is 5.32 Å². The first-order valence-electron chi connectivity index (χ1n) is 7.82. The fraction of sp³-hybridized carbons (Fsp3) is 0.263. The zero-order chi connectivity index (χ0) is 14.1. The highest BCUT2D eigenvalue weighted by molar-refractivity contribution is 5.83. The van der Waals surface area contributed by atoms with E-state index in [1.165, 1.54) is 53.4 Å². The summed E-state index contributed by atoms with van der Waals surface area (Å²) in [5.74, 6) is 0. The Bertz CT molecular complexity index is 757. The first-order chi connectivity index (χ1) is 10.4. The fourth-order valence-electron chi connectivity index (χ4n) is 3.42. The van der Waals surface area contributed by atoms with Gasteiger partial charge in [0.15, 0.2) is 0 Å². The third kappa shape index (κ3) is 2.42. The molecule has 2 nitrogen and oxygen atoms in total. The van der Waals surface area contributed by atoms with Crippen LogP contribution in [0.1, 0.15) is 36.4 Å². The maximum atomic E-state index is 3.75. The molecule has 0 saturated heterocycles. The molecule has 2 heteroatoms. The first-order valence-corrected chi connectivity index (χ1v) is 7.82. The topological polar surface area (TPSA) is 27.8 Å². The van der Waals surface area contributed by atoms with Gasteiger partial charge in [0.2, 0.25) is 0 Å². The normalized spacial score (nSPS) is 18.2. The Balaban J connectivity index is 1.66. The molecule has 0 radical (unpaired) electrons. The summed E-state index contributed by atoms with van der Waals surface area (Å²) in [7, 11) is 0. The zero-order valence-corrected chi connectivity index (χ0v) is 12.1. The Labute approximate surface area is 125 Å². The fourth-order valence-corrected chi connectivity index (χ4v) is 3.42. The molecule has 106 valence electrons. The van der Waals surface area contributed by atoms with Gasteiger partial charge in [0.1, 0.15) is 0 Å². The van der Waals surface area contributed by atoms with Gasteiger partial charge in [-0.25, -0.2) is 0 Å². The van der Waals surface area contributed by atoms with Gasteiger partial charge in [-0.1, -0.05) is 30.7 Å². The van der Waals surface area contributed by atoms with Gasteiger partial charge in [0.05, 0.1) is 6.04 Å². The van der Waals surface area contributed by atoms with E-state index < -0.39 is 0 Å². The van der Waals surface area contributed by atoms with Gasteiger partial charge in [-0.15, -0.1) is 0 Å². The van der Waals surface area contributed by atoms with Gasteiger partial charge >= 0.3 is 0 Å². The standard InChI is InChI=1S/C19H20N2/c1-3-7-17-14(5-1)6-2-4-8-19(17)21-16-9-10-18-15(13-16)11-12-20-18/h1,3,5,7,9-13,19-21H,2,4,6,8H2. The third-order valence-electron chi connectivity index (χ3n) is 4.51. The van der Waals surface area contributed by atoms with Crippen molar-refractivity contribution in [2.45, 2.75) is 31.7 Å². The first kappa shape index (κ1) is 12.5. The Hall–Kier alpha value is -2.22. The van der Waals surface area contributed by atoms with Gasteiger partial charge in [-0.05, 0) is 54.7 Å². The highest BCUT2D eigenvalue weighted by atomic mass is 14.9. The summed E-state index contributed by atoms with van der Waals surface area (Å²) in [6.07, 6.45) is 7.01. The largest absolute Gasteiger partial charge is 0.378 e. The predicted octanol–water partition coefficient (Wildman–Crippen LogP) is 5.05. The van der Waals surface area contributed by atoms with E-state index in [4.69, 9.17) is 0 Å². The van der Waals surface area contributed by atoms with Crippen LogP contribution in [0.2, 0.25) is 0 Å². The van der Waals surface area contributed by atoms with Crippen molar-refractivity contribution in [1.29, 1.82) is 0 Å². The molecule has 4 rings (SSSR count). The van der Waals surface area contributed by atoms with E-state index in [0.717, 1.165) is 0 Å². The average Bonchev–Trinajstić information content (AvgIpc) is 2.89. The van der Waals surface area contributed by atoms with Crippen LogP contribution in [0.5, 0.6) is 0 Å². The minimum atomic E-state index is 0.431. The smallest absolute Gasteiger partial charge is 0.0516 e. The van der Waals surface area contributed by atoms with Crippen molar-refractivity contribution in [3.63, 3.8) is 0 Å². The molecule has 2 N–H and O–H groups in total. The number of aromatic amines is 1. The van der Waals surface area contributed by atoms with Crippen molar-refractivity contribution in [2.24, 2.45) is 0 Å². The van der Waals surface area contributed by atoms with E-state index in [9.17, 15) is 0 Å². The summed E-state index contributed by atoms with van der Waals surface area (Å²) in [4.78, 5) is 3.25. The number of hydrogen-bond acceptors (Lipinski definition) is 1. The Morgan fingerprint density at radius 3 is 2.95 bits per heavy atom. The lowest BCUT2D eigenvalue weighted by molar-refractivity contribution is 0.644. The number of anilines is 1. The van der Waals surface area contributed by atoms with Crippen LogP contribution in [0, 0.1) is 0 Å². The number of fused-ring (bicyclic) bond motifs is 2. The summed E-state index contributed by atoms with van der Waals surface area (Å²) in [6, 6.07) is 18.0. The highest BCUT2D eigenvalue weighted by Gasteiger charge is 2.18. The monoisotopic (exact) mass is 276 g/mol. The SMILES string of the molecule is c1ccc2c(c1)CCCCC2Nc1ccc2[nH]ccc2c1. The molecule has 3 aromatic rings. The summed E-state index contributed by atoms with van der Waals surface area (Å²) in [5, 5.41) is 5.01. The summed E-state index contributed by atoms with van der Waals surface area (Å²) >= 11 is 0. The number of nitrogens with one attached hydrogen (secondary N) is 2. The lowest BCUT2D eigenvalue weighted by Gasteiger charge is -2.20. The lowest BCUT2D eigenvalue weighted by atomic mass is 9.99. The van der Waals surface area contributed by atoms with Gasteiger partial charge < -0.3 is 10.3 Å². The number of rotatable bonds is 2. The molecule has 1 aliphatic rings. The van der Waals surface area contributed by atoms with Crippen LogP contribution < -0.4 is 5.32 Å². The third-order valence-corrected chi connectivity index (χ3v) is 4.51. The van der Waals surface area contributed by atoms with Crippen LogP contribution >= 0.6 is 0 Å². The minimum Gasteiger partial charge on any atom is -0.378 e. The zero-order valence-electron chi connectivity index (χ0n) is 12.1. The van der Waals surface area contributed by atoms with E-state index in [1.54, 1.807) is 0 Å². The molecule has 1 aromatic heterocycles. The number of H-pyrrole nitrogens is 1. The van der Waals surface area contributed by atoms with Crippen LogP contribution in [0.4, 0.5) is 5.69 Å². The molecule has 0 spiro atoms. The number of aromatic nitrogens is 1. The van der Waals surface area contributed by atoms with Crippen molar-refractivity contribution >= 4 is 16.6 Å². The molecule has 21 heavy (non-hydrogen) atoms. The summed E-state index contributed by atoms with van der Waals surface area (Å²) in [5.41, 5.74) is 5.39. The predicted molar refractivity (Wildman–Crippen MR) is 88.7 cm³/mol. The van der Waals surface area contributed by atoms with Gasteiger partial charge in [-0.2, -0.15) is 0 Å². The van der Waals surface area contributed by atoms with Gasteiger partial charge in [0, 0.05) is 22.8 Å². The van der Waals surface area contributed by atoms with Crippen LogP contribution in [-0.4, -0.2) is 4.98 Å². The van der Waals surface area contributed by atoms with E-state index in [2.05, 4.69) is 58.8 Å². The van der Waals surface area contributed by atoms with E-state index in [0.29, 0.717) is 6.04 Å². The van der Waals surface area contributed by atoms with E-state index in [1.807, 2.05) is 6.20 Å². The van der Waals surface area contributed by atoms with Crippen LogP contribution in [0.15, 0.2) is 54.7 Å². The summed E-state index contributed by atoms with van der Waals surface area (Å²) < 4.78 is 0. The second-order valence-corrected chi connectivity index (χ2v) is 5.92. The molecule has 0 fully saturated rings. The minimum absolute atomic E-state index is 0.431. The highest BCUT2D eigenvalue weighted by Crippen LogP contribution is 2.32. The Kier molecular flexibility index (Phi) is 3.15. The number of benzene rings is 2. The molecule has 1 aliphatic carbocycles. The Morgan fingerprint density at radius 1 is 1.00 bits per heavy atom. The van der Waals surface area contributed by atoms with Gasteiger partial charge in [-0.3, -0.25) is 0 Å². The molecule has 0 saturated carbocycles. The van der Waals surface area contributed by atoms with Crippen molar-refractivity contribution in [3.8, 4) is 0 Å². The number of hydrogen-bond donors (Lipinski definition) is 2. The quantitative estimate of drug-likeness (QED) is 0.630. The molecular weight excluding hydrogens is 256 g/mol. The van der Waals surface area contributed by atoms with Crippen molar-refractivity contribution in [3.05, 3.63) is 65.9 Å². The van der Waals surface area contributed by atoms with Crippen LogP contribution in [0.3, 0.4) is 0 Å². The molecule has 1 atom stereocenters. The van der Waals surface area contributed by atoms with E-state index in [-0.39, 0.29) is 0 Å². The molecule has 2 aromatic carbocycles.